The van der Waals surface area contributed by atoms with E-state index in [0.29, 0.717) is 12.5 Å². The molecule has 1 saturated carbocycles. The fourth-order valence-electron chi connectivity index (χ4n) is 3.08. The van der Waals surface area contributed by atoms with Crippen LogP contribution in [-0.4, -0.2) is 31.8 Å². The molecule has 0 radical (unpaired) electrons. The average molecular weight is 274 g/mol. The molecule has 2 atom stereocenters. The predicted octanol–water partition coefficient (Wildman–Crippen LogP) is 2.57. The van der Waals surface area contributed by atoms with Crippen LogP contribution in [0.3, 0.4) is 0 Å². The van der Waals surface area contributed by atoms with Crippen molar-refractivity contribution in [3.05, 3.63) is 29.8 Å². The van der Waals surface area contributed by atoms with Gasteiger partial charge in [0.15, 0.2) is 0 Å². The van der Waals surface area contributed by atoms with E-state index in [1.165, 1.54) is 18.4 Å². The van der Waals surface area contributed by atoms with Gasteiger partial charge in [-0.25, -0.2) is 4.79 Å². The Hall–Kier alpha value is -1.55. The topological polar surface area (TPSA) is 41.6 Å². The molecule has 2 aliphatic rings. The van der Waals surface area contributed by atoms with E-state index >= 15 is 0 Å². The van der Waals surface area contributed by atoms with Crippen LogP contribution in [0.4, 0.5) is 10.5 Å². The maximum atomic E-state index is 12.6. The third kappa shape index (κ3) is 2.52. The molecule has 0 spiro atoms. The Bertz CT molecular complexity index is 499. The lowest BCUT2D eigenvalue weighted by molar-refractivity contribution is 0.158. The number of anilines is 1. The van der Waals surface area contributed by atoms with Gasteiger partial charge in [-0.05, 0) is 43.7 Å². The molecular formula is C16H22N2O2. The lowest BCUT2D eigenvalue weighted by Crippen LogP contribution is -2.49. The van der Waals surface area contributed by atoms with Crippen molar-refractivity contribution >= 4 is 11.7 Å². The zero-order chi connectivity index (χ0) is 14.1. The second-order valence-electron chi connectivity index (χ2n) is 5.90. The van der Waals surface area contributed by atoms with E-state index in [1.54, 1.807) is 7.11 Å². The van der Waals surface area contributed by atoms with Crippen LogP contribution in [0, 0.1) is 5.92 Å². The number of nitrogens with zero attached hydrogens (tertiary/aromatic N) is 1. The minimum atomic E-state index is 0.0106. The van der Waals surface area contributed by atoms with Crippen LogP contribution in [0.1, 0.15) is 25.3 Å². The van der Waals surface area contributed by atoms with Crippen LogP contribution in [0.2, 0.25) is 0 Å². The van der Waals surface area contributed by atoms with E-state index in [0.717, 1.165) is 12.1 Å². The number of benzene rings is 1. The second-order valence-corrected chi connectivity index (χ2v) is 5.90. The summed E-state index contributed by atoms with van der Waals surface area (Å²) in [6.45, 7) is 2.70. The van der Waals surface area contributed by atoms with Crippen LogP contribution in [-0.2, 0) is 11.2 Å². The summed E-state index contributed by atoms with van der Waals surface area (Å²) < 4.78 is 5.23. The van der Waals surface area contributed by atoms with Crippen molar-refractivity contribution in [1.82, 2.24) is 5.32 Å². The van der Waals surface area contributed by atoms with E-state index in [1.807, 2.05) is 23.1 Å². The van der Waals surface area contributed by atoms with Crippen LogP contribution in [0.15, 0.2) is 24.3 Å². The monoisotopic (exact) mass is 274 g/mol. The molecule has 2 unspecified atom stereocenters. The summed E-state index contributed by atoms with van der Waals surface area (Å²) in [6.07, 6.45) is 3.32. The number of hydrogen-bond donors (Lipinski definition) is 1. The zero-order valence-electron chi connectivity index (χ0n) is 12.1. The fraction of sp³-hybridized carbons (Fsp3) is 0.562. The Labute approximate surface area is 120 Å². The molecule has 3 rings (SSSR count). The first-order chi connectivity index (χ1) is 9.70. The van der Waals surface area contributed by atoms with Gasteiger partial charge in [-0.2, -0.15) is 0 Å². The summed E-state index contributed by atoms with van der Waals surface area (Å²) in [5.41, 5.74) is 2.30. The maximum Gasteiger partial charge on any atom is 0.322 e. The Kier molecular flexibility index (Phi) is 3.66. The summed E-state index contributed by atoms with van der Waals surface area (Å²) >= 11 is 0. The summed E-state index contributed by atoms with van der Waals surface area (Å²) in [7, 11) is 1.69. The molecule has 1 heterocycles. The van der Waals surface area contributed by atoms with Gasteiger partial charge in [0.1, 0.15) is 0 Å². The third-order valence-electron chi connectivity index (χ3n) is 4.27. The highest BCUT2D eigenvalue weighted by Gasteiger charge is 2.36. The molecule has 4 nitrogen and oxygen atoms in total. The number of rotatable bonds is 4. The largest absolute Gasteiger partial charge is 0.383 e. The van der Waals surface area contributed by atoms with Crippen molar-refractivity contribution in [1.29, 1.82) is 0 Å². The van der Waals surface area contributed by atoms with Gasteiger partial charge >= 0.3 is 6.03 Å². The SMILES string of the molecule is COCC(NC(=O)N1c2ccccc2CC1C)C1CC1. The van der Waals surface area contributed by atoms with Crippen LogP contribution in [0.5, 0.6) is 0 Å². The zero-order valence-corrected chi connectivity index (χ0v) is 12.1. The molecule has 20 heavy (non-hydrogen) atoms. The van der Waals surface area contributed by atoms with Crippen molar-refractivity contribution in [2.75, 3.05) is 18.6 Å². The van der Waals surface area contributed by atoms with Crippen LogP contribution < -0.4 is 10.2 Å². The lowest BCUT2D eigenvalue weighted by Gasteiger charge is -2.26. The number of amides is 2. The molecule has 1 aromatic rings. The van der Waals surface area contributed by atoms with Gasteiger partial charge in [-0.15, -0.1) is 0 Å². The van der Waals surface area contributed by atoms with E-state index in [-0.39, 0.29) is 18.1 Å². The summed E-state index contributed by atoms with van der Waals surface area (Å²) in [5.74, 6) is 0.590. The number of methoxy groups -OCH3 is 1. The number of ether oxygens (including phenoxy) is 1. The minimum Gasteiger partial charge on any atom is -0.383 e. The van der Waals surface area contributed by atoms with E-state index in [4.69, 9.17) is 4.74 Å². The van der Waals surface area contributed by atoms with Crippen molar-refractivity contribution in [3.63, 3.8) is 0 Å². The Morgan fingerprint density at radius 2 is 2.20 bits per heavy atom. The smallest absolute Gasteiger partial charge is 0.322 e. The number of urea groups is 1. The molecule has 4 heteroatoms. The Morgan fingerprint density at radius 3 is 2.90 bits per heavy atom. The normalized spacial score (nSPS) is 22.5. The lowest BCUT2D eigenvalue weighted by atomic mass is 10.1. The fourth-order valence-corrected chi connectivity index (χ4v) is 3.08. The number of fused-ring (bicyclic) bond motifs is 1. The molecule has 0 saturated heterocycles. The first-order valence-electron chi connectivity index (χ1n) is 7.37. The second kappa shape index (κ2) is 5.44. The molecule has 0 aromatic heterocycles. The van der Waals surface area contributed by atoms with Crippen LogP contribution in [0.25, 0.3) is 0 Å². The summed E-state index contributed by atoms with van der Waals surface area (Å²) in [4.78, 5) is 14.5. The van der Waals surface area contributed by atoms with Gasteiger partial charge in [0.25, 0.3) is 0 Å². The molecule has 2 amide bonds. The van der Waals surface area contributed by atoms with E-state index in [2.05, 4.69) is 18.3 Å². The summed E-state index contributed by atoms with van der Waals surface area (Å²) in [5, 5.41) is 3.16. The molecule has 1 N–H and O–H groups in total. The van der Waals surface area contributed by atoms with E-state index in [9.17, 15) is 4.79 Å². The first-order valence-corrected chi connectivity index (χ1v) is 7.37. The Morgan fingerprint density at radius 1 is 1.45 bits per heavy atom. The maximum absolute atomic E-state index is 12.6. The molecule has 108 valence electrons. The quantitative estimate of drug-likeness (QED) is 0.917. The molecule has 1 aromatic carbocycles. The highest BCUT2D eigenvalue weighted by molar-refractivity contribution is 5.95. The molecule has 1 aliphatic heterocycles. The number of carbonyl (C=O) groups excluding carboxylic acids is 1. The number of carbonyl (C=O) groups is 1. The number of para-hydroxylation sites is 1. The molecule has 1 aliphatic carbocycles. The highest BCUT2D eigenvalue weighted by atomic mass is 16.5. The predicted molar refractivity (Wildman–Crippen MR) is 79.0 cm³/mol. The Balaban J connectivity index is 1.73. The van der Waals surface area contributed by atoms with Gasteiger partial charge < -0.3 is 10.1 Å². The van der Waals surface area contributed by atoms with Crippen molar-refractivity contribution < 1.29 is 9.53 Å². The van der Waals surface area contributed by atoms with Gasteiger partial charge in [-0.3, -0.25) is 4.90 Å². The standard InChI is InChI=1S/C16H22N2O2/c1-11-9-13-5-3-4-6-15(13)18(11)16(19)17-14(10-20-2)12-7-8-12/h3-6,11-12,14H,7-10H2,1-2H3,(H,17,19). The van der Waals surface area contributed by atoms with Gasteiger partial charge in [0, 0.05) is 18.8 Å². The van der Waals surface area contributed by atoms with Gasteiger partial charge in [0.2, 0.25) is 0 Å². The van der Waals surface area contributed by atoms with Gasteiger partial charge in [-0.1, -0.05) is 18.2 Å². The number of hydrogen-bond acceptors (Lipinski definition) is 2. The highest BCUT2D eigenvalue weighted by Crippen LogP contribution is 2.34. The van der Waals surface area contributed by atoms with E-state index < -0.39 is 0 Å². The molecular weight excluding hydrogens is 252 g/mol. The summed E-state index contributed by atoms with van der Waals surface area (Å²) in [6, 6.07) is 8.53. The average Bonchev–Trinajstić information content (AvgIpc) is 3.20. The number of nitrogens with one attached hydrogen (secondary N) is 1. The third-order valence-corrected chi connectivity index (χ3v) is 4.27. The van der Waals surface area contributed by atoms with Crippen molar-refractivity contribution in [3.8, 4) is 0 Å². The first kappa shape index (κ1) is 13.4. The minimum absolute atomic E-state index is 0.0106. The van der Waals surface area contributed by atoms with Crippen LogP contribution >= 0.6 is 0 Å². The molecule has 1 fully saturated rings. The van der Waals surface area contributed by atoms with Crippen molar-refractivity contribution in [2.45, 2.75) is 38.3 Å². The molecule has 0 bridgehead atoms. The van der Waals surface area contributed by atoms with Crippen molar-refractivity contribution in [2.24, 2.45) is 5.92 Å². The van der Waals surface area contributed by atoms with Gasteiger partial charge in [0.05, 0.1) is 12.6 Å².